The van der Waals surface area contributed by atoms with Crippen LogP contribution in [0.15, 0.2) is 67.3 Å². The van der Waals surface area contributed by atoms with Gasteiger partial charge in [-0.1, -0.05) is 30.3 Å². The number of fused-ring (bicyclic) bond motifs is 1. The molecule has 8 nitrogen and oxygen atoms in total. The zero-order chi connectivity index (χ0) is 28.1. The molecular formula is C30H33ClN4O4. The first kappa shape index (κ1) is 28.0. The van der Waals surface area contributed by atoms with Gasteiger partial charge in [-0.3, -0.25) is 9.59 Å². The molecule has 0 bridgehead atoms. The van der Waals surface area contributed by atoms with Gasteiger partial charge < -0.3 is 30.7 Å². The quantitative estimate of drug-likeness (QED) is 0.189. The van der Waals surface area contributed by atoms with Gasteiger partial charge in [0.05, 0.1) is 24.8 Å². The zero-order valence-corrected chi connectivity index (χ0v) is 23.0. The van der Waals surface area contributed by atoms with Crippen LogP contribution in [-0.2, 0) is 23.7 Å². The number of anilines is 3. The number of nitrogens with zero attached hydrogens (tertiary/aromatic N) is 1. The fourth-order valence-corrected chi connectivity index (χ4v) is 4.72. The molecule has 2 atom stereocenters. The number of ether oxygens (including phenoxy) is 2. The van der Waals surface area contributed by atoms with Crippen LogP contribution in [0.4, 0.5) is 17.1 Å². The summed E-state index contributed by atoms with van der Waals surface area (Å²) in [6.07, 6.45) is 2.47. The van der Waals surface area contributed by atoms with Crippen LogP contribution in [0.25, 0.3) is 0 Å². The summed E-state index contributed by atoms with van der Waals surface area (Å²) in [4.78, 5) is 27.7. The van der Waals surface area contributed by atoms with Crippen molar-refractivity contribution in [2.24, 2.45) is 0 Å². The number of carbonyl (C=O) groups excluding carboxylic acids is 2. The van der Waals surface area contributed by atoms with Crippen molar-refractivity contribution in [2.45, 2.75) is 37.9 Å². The molecule has 0 fully saturated rings. The van der Waals surface area contributed by atoms with Crippen LogP contribution >= 0.6 is 11.6 Å². The second-order valence-electron chi connectivity index (χ2n) is 9.36. The number of likely N-dealkylation sites (N-methyl/N-ethyl adjacent to an activating group) is 1. The summed E-state index contributed by atoms with van der Waals surface area (Å²) in [6, 6.07) is 16.0. The highest BCUT2D eigenvalue weighted by Crippen LogP contribution is 2.38. The van der Waals surface area contributed by atoms with Crippen molar-refractivity contribution in [1.29, 1.82) is 0 Å². The smallest absolute Gasteiger partial charge is 0.261 e. The molecule has 39 heavy (non-hydrogen) atoms. The average molecular weight is 549 g/mol. The lowest BCUT2D eigenvalue weighted by Gasteiger charge is -2.24. The lowest BCUT2D eigenvalue weighted by molar-refractivity contribution is -0.117. The van der Waals surface area contributed by atoms with E-state index in [1.807, 2.05) is 42.5 Å². The van der Waals surface area contributed by atoms with Gasteiger partial charge in [-0.05, 0) is 61.3 Å². The number of nitrogens with one attached hydrogen (secondary N) is 2. The maximum Gasteiger partial charge on any atom is 0.261 e. The van der Waals surface area contributed by atoms with E-state index in [1.165, 1.54) is 7.11 Å². The number of hydrogen-bond donors (Lipinski definition) is 3. The molecule has 204 valence electrons. The maximum absolute atomic E-state index is 13.7. The van der Waals surface area contributed by atoms with Crippen LogP contribution in [0.5, 0.6) is 11.5 Å². The number of benzene rings is 3. The van der Waals surface area contributed by atoms with Crippen LogP contribution in [0.3, 0.4) is 0 Å². The van der Waals surface area contributed by atoms with E-state index in [2.05, 4.69) is 17.2 Å². The molecule has 1 aliphatic heterocycles. The fourth-order valence-electron chi connectivity index (χ4n) is 4.56. The zero-order valence-electron chi connectivity index (χ0n) is 22.3. The van der Waals surface area contributed by atoms with Gasteiger partial charge in [0.1, 0.15) is 6.61 Å². The van der Waals surface area contributed by atoms with Gasteiger partial charge in [0, 0.05) is 29.0 Å². The number of amides is 2. The molecule has 1 aliphatic rings. The van der Waals surface area contributed by atoms with Crippen molar-refractivity contribution in [2.75, 3.05) is 30.1 Å². The largest absolute Gasteiger partial charge is 0.493 e. The third kappa shape index (κ3) is 6.02. The molecule has 4 N–H and O–H groups in total. The normalized spacial score (nSPS) is 14.9. The Hall–Kier alpha value is -4.01. The first-order valence-electron chi connectivity index (χ1n) is 12.6. The maximum atomic E-state index is 13.7. The summed E-state index contributed by atoms with van der Waals surface area (Å²) in [5.41, 5.74) is 11.1. The van der Waals surface area contributed by atoms with Crippen LogP contribution in [0.2, 0.25) is 0 Å². The molecule has 0 saturated carbocycles. The fraction of sp³-hybridized carbons (Fsp3) is 0.267. The molecule has 9 heteroatoms. The van der Waals surface area contributed by atoms with Crippen molar-refractivity contribution in [3.8, 4) is 11.5 Å². The Labute approximate surface area is 233 Å². The van der Waals surface area contributed by atoms with Gasteiger partial charge in [0.25, 0.3) is 5.91 Å². The molecule has 3 aromatic carbocycles. The Balaban J connectivity index is 1.57. The Kier molecular flexibility index (Phi) is 8.79. The summed E-state index contributed by atoms with van der Waals surface area (Å²) < 4.78 is 11.6. The lowest BCUT2D eigenvalue weighted by atomic mass is 10.1. The van der Waals surface area contributed by atoms with Gasteiger partial charge in [-0.2, -0.15) is 0 Å². The van der Waals surface area contributed by atoms with E-state index in [9.17, 15) is 9.59 Å². The minimum Gasteiger partial charge on any atom is -0.493 e. The predicted molar refractivity (Wildman–Crippen MR) is 156 cm³/mol. The van der Waals surface area contributed by atoms with Crippen molar-refractivity contribution in [1.82, 2.24) is 5.32 Å². The molecule has 4 rings (SSSR count). The third-order valence-electron chi connectivity index (χ3n) is 6.76. The van der Waals surface area contributed by atoms with E-state index in [0.29, 0.717) is 29.2 Å². The van der Waals surface area contributed by atoms with Gasteiger partial charge in [0.15, 0.2) is 11.5 Å². The van der Waals surface area contributed by atoms with Crippen LogP contribution in [0, 0.1) is 0 Å². The van der Waals surface area contributed by atoms with E-state index >= 15 is 0 Å². The van der Waals surface area contributed by atoms with Crippen molar-refractivity contribution in [3.63, 3.8) is 0 Å². The average Bonchev–Trinajstić information content (AvgIpc) is 3.33. The molecule has 3 aromatic rings. The SMILES string of the molecule is C=CC1Cc2ccccc2N1C(=O)c1cc(OC)c(OCc2cc(CCl)cc(NC(=O)C(C)NC)c2)cc1N. The first-order chi connectivity index (χ1) is 18.8. The van der Waals surface area contributed by atoms with E-state index in [0.717, 1.165) is 22.4 Å². The number of hydrogen-bond acceptors (Lipinski definition) is 6. The molecular weight excluding hydrogens is 516 g/mol. The van der Waals surface area contributed by atoms with Crippen LogP contribution in [0.1, 0.15) is 34.0 Å². The number of methoxy groups -OCH3 is 1. The summed E-state index contributed by atoms with van der Waals surface area (Å²) in [5, 5.41) is 5.80. The molecule has 0 spiro atoms. The molecule has 0 saturated heterocycles. The molecule has 1 heterocycles. The lowest BCUT2D eigenvalue weighted by Crippen LogP contribution is -2.36. The summed E-state index contributed by atoms with van der Waals surface area (Å²) >= 11 is 6.09. The van der Waals surface area contributed by atoms with Crippen LogP contribution < -0.4 is 30.7 Å². The predicted octanol–water partition coefficient (Wildman–Crippen LogP) is 4.90. The topological polar surface area (TPSA) is 106 Å². The Morgan fingerprint density at radius 3 is 2.62 bits per heavy atom. The minimum atomic E-state index is -0.353. The first-order valence-corrected chi connectivity index (χ1v) is 13.1. The van der Waals surface area contributed by atoms with Crippen molar-refractivity contribution in [3.05, 3.63) is 89.5 Å². The number of halogens is 1. The number of carbonyl (C=O) groups is 2. The monoisotopic (exact) mass is 548 g/mol. The van der Waals surface area contributed by atoms with E-state index in [1.54, 1.807) is 37.1 Å². The number of rotatable bonds is 10. The second-order valence-corrected chi connectivity index (χ2v) is 9.63. The Morgan fingerprint density at radius 2 is 1.92 bits per heavy atom. The van der Waals surface area contributed by atoms with Crippen molar-refractivity contribution < 1.29 is 19.1 Å². The second kappa shape index (κ2) is 12.2. The molecule has 2 unspecified atom stereocenters. The van der Waals surface area contributed by atoms with Gasteiger partial charge >= 0.3 is 0 Å². The summed E-state index contributed by atoms with van der Waals surface area (Å²) in [5.74, 6) is 0.638. The van der Waals surface area contributed by atoms with E-state index in [4.69, 9.17) is 26.8 Å². The highest BCUT2D eigenvalue weighted by Gasteiger charge is 2.33. The molecule has 0 radical (unpaired) electrons. The number of para-hydroxylation sites is 1. The molecule has 0 aromatic heterocycles. The third-order valence-corrected chi connectivity index (χ3v) is 7.07. The van der Waals surface area contributed by atoms with Gasteiger partial charge in [-0.15, -0.1) is 18.2 Å². The Bertz CT molecular complexity index is 1390. The number of alkyl halides is 1. The highest BCUT2D eigenvalue weighted by atomic mass is 35.5. The number of nitrogens with two attached hydrogens (primary N) is 1. The van der Waals surface area contributed by atoms with Crippen molar-refractivity contribution >= 4 is 40.5 Å². The Morgan fingerprint density at radius 1 is 1.18 bits per heavy atom. The number of nitrogen functional groups attached to an aromatic ring is 1. The van der Waals surface area contributed by atoms with E-state index < -0.39 is 0 Å². The van der Waals surface area contributed by atoms with Gasteiger partial charge in [-0.25, -0.2) is 0 Å². The standard InChI is InChI=1S/C30H33ClN4O4/c1-5-23-13-21-8-6-7-9-26(21)35(23)30(37)24-14-27(38-4)28(15-25(24)32)39-17-20-10-19(16-31)11-22(12-20)34-29(36)18(2)33-3/h5-12,14-15,18,23,33H,1,13,16-17,32H2,2-4H3,(H,34,36). The molecule has 0 aliphatic carbocycles. The van der Waals surface area contributed by atoms with E-state index in [-0.39, 0.29) is 42.1 Å². The van der Waals surface area contributed by atoms with Gasteiger partial charge in [0.2, 0.25) is 5.91 Å². The summed E-state index contributed by atoms with van der Waals surface area (Å²) in [6.45, 7) is 5.85. The highest BCUT2D eigenvalue weighted by molar-refractivity contribution is 6.17. The van der Waals surface area contributed by atoms with Crippen LogP contribution in [-0.4, -0.2) is 38.1 Å². The summed E-state index contributed by atoms with van der Waals surface area (Å²) in [7, 11) is 3.23. The molecule has 2 amide bonds. The minimum absolute atomic E-state index is 0.162.